The summed E-state index contributed by atoms with van der Waals surface area (Å²) >= 11 is 0. The fourth-order valence-corrected chi connectivity index (χ4v) is 11.1. The Morgan fingerprint density at radius 1 is 1.35 bits per heavy atom. The van der Waals surface area contributed by atoms with Gasteiger partial charge < -0.3 is 14.9 Å². The third-order valence-corrected chi connectivity index (χ3v) is 11.2. The number of hydrogen-bond acceptors (Lipinski definition) is 6. The van der Waals surface area contributed by atoms with E-state index < -0.39 is 23.3 Å². The first-order valence-corrected chi connectivity index (χ1v) is 12.1. The van der Waals surface area contributed by atoms with Gasteiger partial charge in [-0.1, -0.05) is 32.9 Å². The molecule has 0 amide bonds. The number of ketones is 1. The predicted molar refractivity (Wildman–Crippen MR) is 110 cm³/mol. The van der Waals surface area contributed by atoms with Crippen LogP contribution in [0.25, 0.3) is 0 Å². The molecule has 31 heavy (non-hydrogen) atoms. The van der Waals surface area contributed by atoms with Crippen LogP contribution in [-0.4, -0.2) is 57.4 Å². The summed E-state index contributed by atoms with van der Waals surface area (Å²) in [6, 6.07) is -0.00326. The predicted octanol–water partition coefficient (Wildman–Crippen LogP) is 1.89. The van der Waals surface area contributed by atoms with Crippen molar-refractivity contribution in [3.63, 3.8) is 0 Å². The first kappa shape index (κ1) is 19.2. The monoisotopic (exact) mass is 427 g/mol. The lowest BCUT2D eigenvalue weighted by molar-refractivity contribution is -0.269. The van der Waals surface area contributed by atoms with Gasteiger partial charge in [-0.2, -0.15) is 0 Å². The van der Waals surface area contributed by atoms with Crippen molar-refractivity contribution in [3.05, 3.63) is 12.2 Å². The number of hydrogen-bond donors (Lipinski definition) is 2. The molecule has 6 saturated carbocycles. The molecule has 0 aromatic carbocycles. The number of fused-ring (bicyclic) bond motifs is 1. The van der Waals surface area contributed by atoms with E-state index in [1.165, 1.54) is 0 Å². The standard InChI is InChI=1S/C25H33NO5/c1-5-11(2)20(29)31-17-14-12(3)6-23-9-25(30)21-22(4)7-13(27)8-24(21,18(17)23)19(26(25)10-22)15(23)16(14)28/h11,14-19,21,28,30H,3,5-10H2,1-2,4H3/t11-,14+,15-,16-,17+,18-,19-,21-,22+,23+,24+,25-/m0/s1. The van der Waals surface area contributed by atoms with Crippen LogP contribution in [-0.2, 0) is 14.3 Å². The Morgan fingerprint density at radius 3 is 2.81 bits per heavy atom. The lowest BCUT2D eigenvalue weighted by Crippen LogP contribution is -2.71. The Labute approximate surface area is 183 Å². The van der Waals surface area contributed by atoms with Gasteiger partial charge in [0.05, 0.1) is 12.0 Å². The number of ether oxygens (including phenoxy) is 1. The van der Waals surface area contributed by atoms with Crippen LogP contribution in [0.15, 0.2) is 12.2 Å². The van der Waals surface area contributed by atoms with E-state index in [9.17, 15) is 19.8 Å². The van der Waals surface area contributed by atoms with E-state index in [0.29, 0.717) is 25.7 Å². The summed E-state index contributed by atoms with van der Waals surface area (Å²) in [6.07, 6.45) is 1.96. The lowest BCUT2D eigenvalue weighted by Gasteiger charge is -2.67. The summed E-state index contributed by atoms with van der Waals surface area (Å²) in [5.41, 5.74) is -0.942. The minimum Gasteiger partial charge on any atom is -0.461 e. The third kappa shape index (κ3) is 1.68. The zero-order valence-corrected chi connectivity index (χ0v) is 18.6. The third-order valence-electron chi connectivity index (χ3n) is 11.2. The van der Waals surface area contributed by atoms with Crippen LogP contribution in [0.1, 0.15) is 52.9 Å². The van der Waals surface area contributed by atoms with Gasteiger partial charge in [0.15, 0.2) is 0 Å². The van der Waals surface area contributed by atoms with Gasteiger partial charge >= 0.3 is 5.97 Å². The molecule has 168 valence electrons. The summed E-state index contributed by atoms with van der Waals surface area (Å²) in [7, 11) is 0. The van der Waals surface area contributed by atoms with Crippen LogP contribution in [0.2, 0.25) is 0 Å². The van der Waals surface area contributed by atoms with Crippen molar-refractivity contribution >= 4 is 11.8 Å². The Kier molecular flexibility index (Phi) is 3.18. The number of carbonyl (C=O) groups excluding carboxylic acids is 2. The van der Waals surface area contributed by atoms with Crippen LogP contribution < -0.4 is 0 Å². The molecule has 3 heterocycles. The minimum absolute atomic E-state index is 0.000408. The molecule has 0 radical (unpaired) electrons. The molecule has 9 rings (SSSR count). The van der Waals surface area contributed by atoms with Crippen molar-refractivity contribution in [1.82, 2.24) is 4.90 Å². The number of esters is 1. The first-order chi connectivity index (χ1) is 14.5. The molecule has 6 nitrogen and oxygen atoms in total. The molecular weight excluding hydrogens is 394 g/mol. The van der Waals surface area contributed by atoms with E-state index >= 15 is 0 Å². The topological polar surface area (TPSA) is 87.1 Å². The van der Waals surface area contributed by atoms with Gasteiger partial charge in [-0.05, 0) is 30.1 Å². The Bertz CT molecular complexity index is 964. The number of Topliss-reactive ketones (excluding diaryl/α,β-unsaturated/α-hetero) is 1. The second-order valence-electron chi connectivity index (χ2n) is 12.5. The smallest absolute Gasteiger partial charge is 0.308 e. The first-order valence-electron chi connectivity index (χ1n) is 12.1. The van der Waals surface area contributed by atoms with Gasteiger partial charge in [0.1, 0.15) is 17.6 Å². The Morgan fingerprint density at radius 2 is 2.10 bits per heavy atom. The number of carbonyl (C=O) groups is 2. The maximum absolute atomic E-state index is 13.1. The van der Waals surface area contributed by atoms with Gasteiger partial charge in [0.25, 0.3) is 0 Å². The number of aliphatic hydroxyl groups excluding tert-OH is 1. The molecule has 0 aromatic rings. The van der Waals surface area contributed by atoms with Crippen molar-refractivity contribution in [1.29, 1.82) is 0 Å². The SMILES string of the molecule is C=C1C[C@@]23C[C@]4(O)[C@H]5[C@]6(C)CC(=O)C[C@@]57[C@H]([C@@H]2[C@@H](O)[C@@H]1[C@@H](OC(=O)[C@@H](C)CC)[C@@H]37)N4C6. The summed E-state index contributed by atoms with van der Waals surface area (Å²) in [5, 5.41) is 23.8. The van der Waals surface area contributed by atoms with Gasteiger partial charge in [-0.3, -0.25) is 14.5 Å². The number of nitrogens with zero attached hydrogens (tertiary/aromatic N) is 1. The molecule has 1 unspecified atom stereocenters. The highest BCUT2D eigenvalue weighted by molar-refractivity contribution is 5.83. The van der Waals surface area contributed by atoms with Crippen LogP contribution >= 0.6 is 0 Å². The van der Waals surface area contributed by atoms with Crippen molar-refractivity contribution < 1.29 is 24.5 Å². The number of aliphatic hydroxyl groups is 2. The molecule has 2 N–H and O–H groups in total. The van der Waals surface area contributed by atoms with E-state index in [-0.39, 0.29) is 58.2 Å². The summed E-state index contributed by atoms with van der Waals surface area (Å²) in [6.45, 7) is 11.1. The molecule has 3 saturated heterocycles. The fourth-order valence-electron chi connectivity index (χ4n) is 11.1. The molecule has 2 spiro atoms. The van der Waals surface area contributed by atoms with Gasteiger partial charge in [-0.25, -0.2) is 0 Å². The van der Waals surface area contributed by atoms with Crippen LogP contribution in [0.5, 0.6) is 0 Å². The molecule has 9 aliphatic rings. The largest absolute Gasteiger partial charge is 0.461 e. The average Bonchev–Trinajstić information content (AvgIpc) is 3.03. The number of piperidine rings is 2. The van der Waals surface area contributed by atoms with Crippen LogP contribution in [0.4, 0.5) is 0 Å². The van der Waals surface area contributed by atoms with E-state index in [1.54, 1.807) is 0 Å². The average molecular weight is 428 g/mol. The maximum atomic E-state index is 13.1. The van der Waals surface area contributed by atoms with Crippen molar-refractivity contribution in [3.8, 4) is 0 Å². The van der Waals surface area contributed by atoms with Crippen molar-refractivity contribution in [2.24, 2.45) is 45.8 Å². The van der Waals surface area contributed by atoms with Crippen molar-refractivity contribution in [2.45, 2.75) is 76.9 Å². The highest BCUT2D eigenvalue weighted by Gasteiger charge is 2.94. The minimum atomic E-state index is -0.914. The molecule has 9 fully saturated rings. The van der Waals surface area contributed by atoms with Crippen LogP contribution in [0, 0.1) is 45.8 Å². The summed E-state index contributed by atoms with van der Waals surface area (Å²) in [4.78, 5) is 28.4. The summed E-state index contributed by atoms with van der Waals surface area (Å²) in [5.74, 6) is -0.368. The van der Waals surface area contributed by atoms with E-state index in [4.69, 9.17) is 4.74 Å². The zero-order chi connectivity index (χ0) is 21.9. The second kappa shape index (κ2) is 5.13. The number of rotatable bonds is 3. The zero-order valence-electron chi connectivity index (χ0n) is 18.6. The van der Waals surface area contributed by atoms with Gasteiger partial charge in [-0.15, -0.1) is 0 Å². The molecule has 3 aliphatic heterocycles. The highest BCUT2D eigenvalue weighted by Crippen LogP contribution is 2.88. The van der Waals surface area contributed by atoms with Gasteiger partial charge in [0, 0.05) is 54.5 Å². The Hall–Kier alpha value is -1.24. The van der Waals surface area contributed by atoms with Crippen LogP contribution in [0.3, 0.4) is 0 Å². The highest BCUT2D eigenvalue weighted by atomic mass is 16.5. The summed E-state index contributed by atoms with van der Waals surface area (Å²) < 4.78 is 6.27. The van der Waals surface area contributed by atoms with E-state index in [0.717, 1.165) is 18.5 Å². The van der Waals surface area contributed by atoms with Crippen molar-refractivity contribution in [2.75, 3.05) is 6.54 Å². The lowest BCUT2D eigenvalue weighted by atomic mass is 9.39. The van der Waals surface area contributed by atoms with E-state index in [2.05, 4.69) is 18.4 Å². The molecule has 6 heteroatoms. The quantitative estimate of drug-likeness (QED) is 0.528. The fraction of sp³-hybridized carbons (Fsp3) is 0.840. The second-order valence-corrected chi connectivity index (χ2v) is 12.5. The molecule has 0 aromatic heterocycles. The molecule has 9 bridgehead atoms. The molecular formula is C25H33NO5. The van der Waals surface area contributed by atoms with Gasteiger partial charge in [0.2, 0.25) is 0 Å². The normalized spacial score (nSPS) is 62.5. The molecule has 6 aliphatic carbocycles. The van der Waals surface area contributed by atoms with E-state index in [1.807, 2.05) is 13.8 Å². The Balaban J connectivity index is 1.45. The maximum Gasteiger partial charge on any atom is 0.308 e. The molecule has 13 atom stereocenters.